The Morgan fingerprint density at radius 3 is 2.16 bits per heavy atom. The van der Waals surface area contributed by atoms with Crippen molar-refractivity contribution in [2.24, 2.45) is 11.8 Å². The summed E-state index contributed by atoms with van der Waals surface area (Å²) in [5, 5.41) is 12.4. The number of amides is 1. The van der Waals surface area contributed by atoms with Crippen LogP contribution >= 0.6 is 0 Å². The lowest BCUT2D eigenvalue weighted by Crippen LogP contribution is -2.28. The number of carbonyl (C=O) groups is 1. The van der Waals surface area contributed by atoms with Gasteiger partial charge in [-0.15, -0.1) is 0 Å². The molecule has 0 spiro atoms. The van der Waals surface area contributed by atoms with Crippen LogP contribution in [-0.2, 0) is 4.79 Å². The molecule has 0 heterocycles. The van der Waals surface area contributed by atoms with Gasteiger partial charge in [0.05, 0.1) is 0 Å². The Bertz CT molecular complexity index is 629. The number of hydrogen-bond acceptors (Lipinski definition) is 3. The number of benzene rings is 1. The predicted molar refractivity (Wildman–Crippen MR) is 104 cm³/mol. The second-order valence-corrected chi connectivity index (χ2v) is 7.59. The van der Waals surface area contributed by atoms with Crippen molar-refractivity contribution in [3.05, 3.63) is 41.6 Å². The molecule has 4 nitrogen and oxygen atoms in total. The number of anilines is 1. The smallest absolute Gasteiger partial charge is 0.267 e. The molecule has 1 aromatic carbocycles. The quantitative estimate of drug-likeness (QED) is 0.547. The molecule has 0 bridgehead atoms. The first-order valence-corrected chi connectivity index (χ1v) is 9.00. The third-order valence-corrected chi connectivity index (χ3v) is 3.71. The minimum atomic E-state index is -0.354. The van der Waals surface area contributed by atoms with Crippen molar-refractivity contribution in [3.8, 4) is 6.07 Å². The molecule has 0 radical (unpaired) electrons. The van der Waals surface area contributed by atoms with Gasteiger partial charge in [0.1, 0.15) is 11.6 Å². The van der Waals surface area contributed by atoms with Crippen molar-refractivity contribution < 1.29 is 4.79 Å². The summed E-state index contributed by atoms with van der Waals surface area (Å²) in [6.45, 7) is 14.3. The maximum absolute atomic E-state index is 12.6. The van der Waals surface area contributed by atoms with Crippen LogP contribution in [-0.4, -0.2) is 23.9 Å². The molecule has 1 N–H and O–H groups in total. The highest BCUT2D eigenvalue weighted by Crippen LogP contribution is 2.24. The number of carbonyl (C=O) groups excluding carboxylic acids is 1. The van der Waals surface area contributed by atoms with E-state index in [9.17, 15) is 10.1 Å². The maximum atomic E-state index is 12.6. The third kappa shape index (κ3) is 7.01. The third-order valence-electron chi connectivity index (χ3n) is 3.71. The van der Waals surface area contributed by atoms with E-state index in [1.165, 1.54) is 0 Å². The number of para-hydroxylation sites is 1. The minimum absolute atomic E-state index is 0.139. The van der Waals surface area contributed by atoms with E-state index in [2.05, 4.69) is 57.8 Å². The Kier molecular flexibility index (Phi) is 8.21. The Labute approximate surface area is 152 Å². The van der Waals surface area contributed by atoms with Gasteiger partial charge in [0, 0.05) is 25.0 Å². The molecule has 1 rings (SSSR count). The molecule has 0 unspecified atom stereocenters. The molecule has 136 valence electrons. The number of nitrogens with one attached hydrogen (secondary N) is 1. The number of rotatable bonds is 8. The van der Waals surface area contributed by atoms with E-state index < -0.39 is 0 Å². The Hall–Kier alpha value is -2.28. The zero-order chi connectivity index (χ0) is 19.0. The van der Waals surface area contributed by atoms with Crippen molar-refractivity contribution in [1.29, 1.82) is 5.26 Å². The fraction of sp³-hybridized carbons (Fsp3) is 0.524. The monoisotopic (exact) mass is 341 g/mol. The lowest BCUT2D eigenvalue weighted by atomic mass is 10.0. The van der Waals surface area contributed by atoms with Crippen LogP contribution in [0.25, 0.3) is 0 Å². The maximum Gasteiger partial charge on any atom is 0.267 e. The lowest BCUT2D eigenvalue weighted by Gasteiger charge is -2.25. The van der Waals surface area contributed by atoms with E-state index in [-0.39, 0.29) is 11.5 Å². The van der Waals surface area contributed by atoms with Crippen molar-refractivity contribution >= 4 is 11.6 Å². The summed E-state index contributed by atoms with van der Waals surface area (Å²) in [7, 11) is 0. The number of nitrogens with zero attached hydrogens (tertiary/aromatic N) is 2. The van der Waals surface area contributed by atoms with Crippen LogP contribution in [0, 0.1) is 23.2 Å². The zero-order valence-corrected chi connectivity index (χ0v) is 16.3. The second kappa shape index (κ2) is 9.88. The summed E-state index contributed by atoms with van der Waals surface area (Å²) in [6.07, 6.45) is 1.70. The first-order valence-electron chi connectivity index (χ1n) is 9.00. The van der Waals surface area contributed by atoms with Gasteiger partial charge in [0.15, 0.2) is 0 Å². The fourth-order valence-corrected chi connectivity index (χ4v) is 2.74. The minimum Gasteiger partial charge on any atom is -0.376 e. The molecule has 0 aromatic heterocycles. The molecule has 1 amide bonds. The van der Waals surface area contributed by atoms with Crippen molar-refractivity contribution in [2.45, 2.75) is 47.5 Å². The van der Waals surface area contributed by atoms with Crippen LogP contribution in [0.15, 0.2) is 36.0 Å². The Balaban J connectivity index is 3.01. The van der Waals surface area contributed by atoms with Gasteiger partial charge in [-0.1, -0.05) is 59.7 Å². The predicted octanol–water partition coefficient (Wildman–Crippen LogP) is 4.77. The first kappa shape index (κ1) is 20.8. The van der Waals surface area contributed by atoms with E-state index in [4.69, 9.17) is 0 Å². The fourth-order valence-electron chi connectivity index (χ4n) is 2.74. The van der Waals surface area contributed by atoms with Crippen molar-refractivity contribution in [3.63, 3.8) is 0 Å². The van der Waals surface area contributed by atoms with Gasteiger partial charge < -0.3 is 10.2 Å². The molecular formula is C21H31N3O. The van der Waals surface area contributed by atoms with E-state index in [0.717, 1.165) is 24.3 Å². The van der Waals surface area contributed by atoms with Gasteiger partial charge in [-0.2, -0.15) is 5.26 Å². The van der Waals surface area contributed by atoms with Gasteiger partial charge in [0.2, 0.25) is 0 Å². The average Bonchev–Trinajstić information content (AvgIpc) is 2.51. The molecule has 0 aliphatic heterocycles. The van der Waals surface area contributed by atoms with Crippen LogP contribution in [0.2, 0.25) is 0 Å². The molecule has 0 aliphatic rings. The van der Waals surface area contributed by atoms with Crippen LogP contribution < -0.4 is 5.32 Å². The lowest BCUT2D eigenvalue weighted by molar-refractivity contribution is -0.112. The van der Waals surface area contributed by atoms with Crippen molar-refractivity contribution in [2.75, 3.05) is 18.4 Å². The molecule has 0 saturated carbocycles. The van der Waals surface area contributed by atoms with E-state index in [0.29, 0.717) is 17.8 Å². The van der Waals surface area contributed by atoms with Gasteiger partial charge in [-0.05, 0) is 29.4 Å². The summed E-state index contributed by atoms with van der Waals surface area (Å²) in [6, 6.07) is 9.78. The highest BCUT2D eigenvalue weighted by molar-refractivity contribution is 6.06. The molecule has 0 fully saturated rings. The molecule has 25 heavy (non-hydrogen) atoms. The van der Waals surface area contributed by atoms with E-state index >= 15 is 0 Å². The number of hydrogen-bond donors (Lipinski definition) is 1. The van der Waals surface area contributed by atoms with E-state index in [1.54, 1.807) is 6.20 Å². The summed E-state index contributed by atoms with van der Waals surface area (Å²) in [4.78, 5) is 14.7. The SMILES string of the molecule is CC(C)CN(/C=C(/C#N)C(=O)Nc1ccccc1C(C)C)CC(C)C. The Morgan fingerprint density at radius 2 is 1.68 bits per heavy atom. The molecule has 0 atom stereocenters. The molecule has 0 aliphatic carbocycles. The van der Waals surface area contributed by atoms with Crippen LogP contribution in [0.3, 0.4) is 0 Å². The largest absolute Gasteiger partial charge is 0.376 e. The topological polar surface area (TPSA) is 56.1 Å². The summed E-state index contributed by atoms with van der Waals surface area (Å²) in [5.41, 5.74) is 1.97. The molecule has 0 saturated heterocycles. The Morgan fingerprint density at radius 1 is 1.12 bits per heavy atom. The summed E-state index contributed by atoms with van der Waals surface area (Å²) >= 11 is 0. The molecule has 1 aromatic rings. The second-order valence-electron chi connectivity index (χ2n) is 7.59. The van der Waals surface area contributed by atoms with Crippen LogP contribution in [0.1, 0.15) is 53.0 Å². The number of nitriles is 1. The highest BCUT2D eigenvalue weighted by Gasteiger charge is 2.15. The summed E-state index contributed by atoms with van der Waals surface area (Å²) in [5.74, 6) is 0.858. The first-order chi connectivity index (χ1) is 11.7. The van der Waals surface area contributed by atoms with Crippen molar-refractivity contribution in [1.82, 2.24) is 4.90 Å². The van der Waals surface area contributed by atoms with Gasteiger partial charge in [-0.3, -0.25) is 4.79 Å². The zero-order valence-electron chi connectivity index (χ0n) is 16.3. The molecular weight excluding hydrogens is 310 g/mol. The highest BCUT2D eigenvalue weighted by atomic mass is 16.1. The van der Waals surface area contributed by atoms with E-state index in [1.807, 2.05) is 24.3 Å². The van der Waals surface area contributed by atoms with Gasteiger partial charge in [-0.25, -0.2) is 0 Å². The summed E-state index contributed by atoms with van der Waals surface area (Å²) < 4.78 is 0. The normalized spacial score (nSPS) is 11.8. The van der Waals surface area contributed by atoms with Crippen LogP contribution in [0.4, 0.5) is 5.69 Å². The van der Waals surface area contributed by atoms with Gasteiger partial charge in [0.25, 0.3) is 5.91 Å². The van der Waals surface area contributed by atoms with Crippen LogP contribution in [0.5, 0.6) is 0 Å². The standard InChI is InChI=1S/C21H31N3O/c1-15(2)12-24(13-16(3)4)14-18(11-22)21(25)23-20-10-8-7-9-19(20)17(5)6/h7-10,14-17H,12-13H2,1-6H3,(H,23,25)/b18-14-. The average molecular weight is 341 g/mol. The molecule has 4 heteroatoms. The van der Waals surface area contributed by atoms with Gasteiger partial charge >= 0.3 is 0 Å².